The van der Waals surface area contributed by atoms with Crippen molar-refractivity contribution >= 4 is 28.3 Å². The molecule has 0 spiro atoms. The van der Waals surface area contributed by atoms with Crippen molar-refractivity contribution in [2.75, 3.05) is 0 Å². The summed E-state index contributed by atoms with van der Waals surface area (Å²) in [4.78, 5) is 36.8. The molecular weight excluding hydrogens is 354 g/mol. The zero-order chi connectivity index (χ0) is 17.9. The number of amides is 1. The summed E-state index contributed by atoms with van der Waals surface area (Å²) >= 11 is 1.41. The van der Waals surface area contributed by atoms with Crippen LogP contribution < -0.4 is 11.1 Å². The van der Waals surface area contributed by atoms with Crippen LogP contribution in [0.2, 0.25) is 0 Å². The summed E-state index contributed by atoms with van der Waals surface area (Å²) in [5.41, 5.74) is 1.75. The van der Waals surface area contributed by atoms with Gasteiger partial charge in [0.2, 0.25) is 5.91 Å². The van der Waals surface area contributed by atoms with E-state index in [0.717, 1.165) is 0 Å². The molecule has 4 aromatic rings. The number of carbonyl (C=O) groups is 1. The Kier molecular flexibility index (Phi) is 4.28. The highest BCUT2D eigenvalue weighted by Crippen LogP contribution is 2.19. The maximum Gasteiger partial charge on any atom is 0.420 e. The number of benzene rings is 1. The van der Waals surface area contributed by atoms with E-state index >= 15 is 0 Å². The highest BCUT2D eigenvalue weighted by molar-refractivity contribution is 7.13. The van der Waals surface area contributed by atoms with Crippen LogP contribution in [0.1, 0.15) is 5.69 Å². The molecule has 4 rings (SSSR count). The van der Waals surface area contributed by atoms with Crippen molar-refractivity contribution in [2.24, 2.45) is 0 Å². The molecule has 9 heteroatoms. The Morgan fingerprint density at radius 1 is 1.19 bits per heavy atom. The van der Waals surface area contributed by atoms with Crippen molar-refractivity contribution in [1.29, 1.82) is 0 Å². The number of hydrogen-bond acceptors (Lipinski definition) is 7. The molecule has 0 bridgehead atoms. The van der Waals surface area contributed by atoms with Gasteiger partial charge in [-0.25, -0.2) is 19.7 Å². The third-order valence-corrected chi connectivity index (χ3v) is 4.54. The van der Waals surface area contributed by atoms with Gasteiger partial charge in [-0.1, -0.05) is 12.1 Å². The number of para-hydroxylation sites is 2. The van der Waals surface area contributed by atoms with Crippen molar-refractivity contribution in [3.8, 4) is 10.8 Å². The first-order valence-electron chi connectivity index (χ1n) is 7.77. The number of hydrogen-bond donors (Lipinski definition) is 1. The van der Waals surface area contributed by atoms with E-state index in [1.165, 1.54) is 15.9 Å². The average molecular weight is 367 g/mol. The predicted molar refractivity (Wildman–Crippen MR) is 95.5 cm³/mol. The largest absolute Gasteiger partial charge is 0.420 e. The molecule has 0 saturated heterocycles. The number of carbonyl (C=O) groups excluding carboxylic acids is 1. The molecule has 0 aliphatic carbocycles. The van der Waals surface area contributed by atoms with Gasteiger partial charge in [-0.3, -0.25) is 9.36 Å². The summed E-state index contributed by atoms with van der Waals surface area (Å²) in [5, 5.41) is 5.28. The fraction of sp³-hybridized carbons (Fsp3) is 0.118. The standard InChI is InChI=1S/C17H13N5O3S/c23-14(9-22-12-4-1-2-5-13(12)25-17(22)24)20-8-11-10-26-16(21-11)15-18-6-3-7-19-15/h1-7,10H,8-9H2,(H,20,23). The summed E-state index contributed by atoms with van der Waals surface area (Å²) in [6.45, 7) is 0.140. The first-order chi connectivity index (χ1) is 12.7. The smallest absolute Gasteiger partial charge is 0.408 e. The molecule has 1 N–H and O–H groups in total. The summed E-state index contributed by atoms with van der Waals surface area (Å²) in [7, 11) is 0. The van der Waals surface area contributed by atoms with Crippen LogP contribution in [0.3, 0.4) is 0 Å². The molecule has 8 nitrogen and oxygen atoms in total. The van der Waals surface area contributed by atoms with Crippen LogP contribution in [-0.4, -0.2) is 25.4 Å². The first kappa shape index (κ1) is 16.2. The molecule has 1 amide bonds. The number of rotatable bonds is 5. The SMILES string of the molecule is O=C(Cn1c(=O)oc2ccccc21)NCc1csc(-c2ncccn2)n1. The maximum absolute atomic E-state index is 12.2. The van der Waals surface area contributed by atoms with Gasteiger partial charge in [0.15, 0.2) is 16.4 Å². The lowest BCUT2D eigenvalue weighted by Gasteiger charge is -2.04. The van der Waals surface area contributed by atoms with E-state index in [0.29, 0.717) is 27.6 Å². The fourth-order valence-corrected chi connectivity index (χ4v) is 3.22. The van der Waals surface area contributed by atoms with E-state index in [1.54, 1.807) is 42.7 Å². The third kappa shape index (κ3) is 3.24. The minimum atomic E-state index is -0.557. The molecule has 1 aromatic carbocycles. The summed E-state index contributed by atoms with van der Waals surface area (Å²) < 4.78 is 6.42. The van der Waals surface area contributed by atoms with E-state index in [1.807, 2.05) is 5.38 Å². The third-order valence-electron chi connectivity index (χ3n) is 3.65. The molecule has 0 aliphatic heterocycles. The topological polar surface area (TPSA) is 103 Å². The van der Waals surface area contributed by atoms with E-state index in [4.69, 9.17) is 4.42 Å². The van der Waals surface area contributed by atoms with Gasteiger partial charge >= 0.3 is 5.76 Å². The molecule has 0 fully saturated rings. The Morgan fingerprint density at radius 2 is 2.00 bits per heavy atom. The minimum Gasteiger partial charge on any atom is -0.408 e. The lowest BCUT2D eigenvalue weighted by molar-refractivity contribution is -0.121. The number of oxazole rings is 1. The Bertz CT molecular complexity index is 1120. The monoisotopic (exact) mass is 367 g/mol. The fourth-order valence-electron chi connectivity index (χ4n) is 2.45. The number of thiazole rings is 1. The minimum absolute atomic E-state index is 0.116. The highest BCUT2D eigenvalue weighted by Gasteiger charge is 2.13. The second-order valence-corrected chi connectivity index (χ2v) is 6.27. The summed E-state index contributed by atoms with van der Waals surface area (Å²) in [6, 6.07) is 8.72. The molecule has 0 saturated carbocycles. The van der Waals surface area contributed by atoms with Gasteiger partial charge in [0, 0.05) is 17.8 Å². The van der Waals surface area contributed by atoms with Crippen LogP contribution in [0.15, 0.2) is 57.3 Å². The molecular formula is C17H13N5O3S. The van der Waals surface area contributed by atoms with Crippen molar-refractivity contribution < 1.29 is 9.21 Å². The van der Waals surface area contributed by atoms with Gasteiger partial charge in [0.25, 0.3) is 0 Å². The van der Waals surface area contributed by atoms with Crippen LogP contribution in [0.25, 0.3) is 21.9 Å². The number of fused-ring (bicyclic) bond motifs is 1. The van der Waals surface area contributed by atoms with Crippen molar-refractivity contribution in [3.63, 3.8) is 0 Å². The van der Waals surface area contributed by atoms with Gasteiger partial charge in [-0.2, -0.15) is 0 Å². The first-order valence-corrected chi connectivity index (χ1v) is 8.65. The van der Waals surface area contributed by atoms with Crippen LogP contribution >= 0.6 is 11.3 Å². The molecule has 3 heterocycles. The maximum atomic E-state index is 12.2. The lowest BCUT2D eigenvalue weighted by atomic mass is 10.3. The zero-order valence-corrected chi connectivity index (χ0v) is 14.3. The van der Waals surface area contributed by atoms with Gasteiger partial charge in [0.05, 0.1) is 17.8 Å². The van der Waals surface area contributed by atoms with E-state index in [2.05, 4.69) is 20.3 Å². The predicted octanol–water partition coefficient (Wildman–Crippen LogP) is 1.82. The average Bonchev–Trinajstić information content (AvgIpc) is 3.26. The van der Waals surface area contributed by atoms with E-state index in [9.17, 15) is 9.59 Å². The second kappa shape index (κ2) is 6.89. The van der Waals surface area contributed by atoms with E-state index in [-0.39, 0.29) is 19.0 Å². The quantitative estimate of drug-likeness (QED) is 0.577. The molecule has 26 heavy (non-hydrogen) atoms. The molecule has 130 valence electrons. The van der Waals surface area contributed by atoms with Gasteiger partial charge in [0.1, 0.15) is 6.54 Å². The van der Waals surface area contributed by atoms with E-state index < -0.39 is 5.76 Å². The summed E-state index contributed by atoms with van der Waals surface area (Å²) in [5.74, 6) is -0.311. The normalized spacial score (nSPS) is 10.9. The molecule has 0 radical (unpaired) electrons. The Hall–Kier alpha value is -3.33. The molecule has 3 aromatic heterocycles. The van der Waals surface area contributed by atoms with Crippen molar-refractivity contribution in [1.82, 2.24) is 24.8 Å². The summed E-state index contributed by atoms with van der Waals surface area (Å²) in [6.07, 6.45) is 3.30. The zero-order valence-electron chi connectivity index (χ0n) is 13.5. The van der Waals surface area contributed by atoms with Crippen molar-refractivity contribution in [3.05, 3.63) is 64.4 Å². The Morgan fingerprint density at radius 3 is 2.85 bits per heavy atom. The Labute approximate surface area is 151 Å². The van der Waals surface area contributed by atoms with Gasteiger partial charge < -0.3 is 9.73 Å². The highest BCUT2D eigenvalue weighted by atomic mass is 32.1. The van der Waals surface area contributed by atoms with Gasteiger partial charge in [-0.05, 0) is 18.2 Å². The number of nitrogens with zero attached hydrogens (tertiary/aromatic N) is 4. The van der Waals surface area contributed by atoms with Crippen LogP contribution in [0.5, 0.6) is 0 Å². The van der Waals surface area contributed by atoms with Crippen LogP contribution in [0.4, 0.5) is 0 Å². The molecule has 0 atom stereocenters. The van der Waals surface area contributed by atoms with Crippen molar-refractivity contribution in [2.45, 2.75) is 13.1 Å². The molecule has 0 unspecified atom stereocenters. The molecule has 0 aliphatic rings. The number of aromatic nitrogens is 4. The second-order valence-electron chi connectivity index (χ2n) is 5.41. The van der Waals surface area contributed by atoms with Gasteiger partial charge in [-0.15, -0.1) is 11.3 Å². The lowest BCUT2D eigenvalue weighted by Crippen LogP contribution is -2.30. The van der Waals surface area contributed by atoms with Crippen LogP contribution in [0, 0.1) is 0 Å². The number of nitrogens with one attached hydrogen (secondary N) is 1. The Balaban J connectivity index is 1.42. The van der Waals surface area contributed by atoms with Crippen LogP contribution in [-0.2, 0) is 17.9 Å².